The molecule has 176 valence electrons. The average Bonchev–Trinajstić information content (AvgIpc) is 2.75. The van der Waals surface area contributed by atoms with E-state index in [-0.39, 0.29) is 17.5 Å². The maximum Gasteiger partial charge on any atom is 0.416 e. The van der Waals surface area contributed by atoms with Crippen LogP contribution in [0.25, 0.3) is 0 Å². The highest BCUT2D eigenvalue weighted by atomic mass is 19.4. The minimum absolute atomic E-state index is 0.133. The van der Waals surface area contributed by atoms with Crippen LogP contribution in [0.1, 0.15) is 83.6 Å². The molecular formula is C25H39F3N2O. The highest BCUT2D eigenvalue weighted by Gasteiger charge is 2.31. The van der Waals surface area contributed by atoms with E-state index in [1.54, 1.807) is 0 Å². The number of hydrogen-bond acceptors (Lipinski definition) is 2. The third-order valence-corrected chi connectivity index (χ3v) is 6.56. The summed E-state index contributed by atoms with van der Waals surface area (Å²) in [7, 11) is 0. The molecule has 0 aliphatic carbocycles. The topological polar surface area (TPSA) is 32.3 Å². The second-order valence-electron chi connectivity index (χ2n) is 8.95. The number of hydrogen-bond donors (Lipinski definition) is 1. The molecule has 1 N–H and O–H groups in total. The predicted octanol–water partition coefficient (Wildman–Crippen LogP) is 7.13. The first-order valence-corrected chi connectivity index (χ1v) is 12.0. The van der Waals surface area contributed by atoms with Crippen LogP contribution in [0.5, 0.6) is 0 Å². The zero-order chi connectivity index (χ0) is 22.7. The van der Waals surface area contributed by atoms with Gasteiger partial charge in [-0.1, -0.05) is 64.9 Å². The van der Waals surface area contributed by atoms with Crippen LogP contribution in [-0.4, -0.2) is 30.4 Å². The molecule has 0 spiro atoms. The number of amides is 1. The predicted molar refractivity (Wildman–Crippen MR) is 121 cm³/mol. The number of benzene rings is 1. The van der Waals surface area contributed by atoms with Gasteiger partial charge in [-0.3, -0.25) is 4.79 Å². The Morgan fingerprint density at radius 1 is 1.10 bits per heavy atom. The highest BCUT2D eigenvalue weighted by molar-refractivity contribution is 5.92. The maximum absolute atomic E-state index is 12.9. The molecule has 6 heteroatoms. The van der Waals surface area contributed by atoms with E-state index in [4.69, 9.17) is 0 Å². The van der Waals surface area contributed by atoms with Crippen LogP contribution < -0.4 is 5.32 Å². The quantitative estimate of drug-likeness (QED) is 0.351. The standard InChI is InChI=1S/C25H39F3N2O/c1-3-5-6-7-8-10-20(4-2)13-16-30-17-14-21(15-18-30)24(31)29-23-12-9-11-22(19-23)25(26,27)28/h9,11-12,19-21H,3-8,10,13-18H2,1-2H3,(H,29,31). The van der Waals surface area contributed by atoms with Gasteiger partial charge in [-0.05, 0) is 63.0 Å². The highest BCUT2D eigenvalue weighted by Crippen LogP contribution is 2.31. The van der Waals surface area contributed by atoms with Gasteiger partial charge in [-0.15, -0.1) is 0 Å². The first kappa shape index (κ1) is 25.7. The first-order valence-electron chi connectivity index (χ1n) is 12.0. The zero-order valence-corrected chi connectivity index (χ0v) is 19.1. The van der Waals surface area contributed by atoms with Crippen LogP contribution in [-0.2, 0) is 11.0 Å². The normalized spacial score (nSPS) is 16.9. The summed E-state index contributed by atoms with van der Waals surface area (Å²) < 4.78 is 38.6. The van der Waals surface area contributed by atoms with Crippen molar-refractivity contribution in [2.75, 3.05) is 25.0 Å². The third kappa shape index (κ3) is 9.22. The van der Waals surface area contributed by atoms with Gasteiger partial charge in [0.15, 0.2) is 0 Å². The van der Waals surface area contributed by atoms with Gasteiger partial charge >= 0.3 is 6.18 Å². The summed E-state index contributed by atoms with van der Waals surface area (Å²) in [6.45, 7) is 7.37. The lowest BCUT2D eigenvalue weighted by Gasteiger charge is -2.32. The number of anilines is 1. The van der Waals surface area contributed by atoms with Crippen LogP contribution >= 0.6 is 0 Å². The van der Waals surface area contributed by atoms with E-state index < -0.39 is 11.7 Å². The van der Waals surface area contributed by atoms with Crippen molar-refractivity contribution in [1.29, 1.82) is 0 Å². The van der Waals surface area contributed by atoms with Crippen molar-refractivity contribution < 1.29 is 18.0 Å². The van der Waals surface area contributed by atoms with Gasteiger partial charge in [-0.2, -0.15) is 13.2 Å². The van der Waals surface area contributed by atoms with Gasteiger partial charge in [0, 0.05) is 11.6 Å². The van der Waals surface area contributed by atoms with E-state index in [9.17, 15) is 18.0 Å². The molecule has 1 unspecified atom stereocenters. The number of nitrogens with zero attached hydrogens (tertiary/aromatic N) is 1. The molecule has 0 aromatic heterocycles. The van der Waals surface area contributed by atoms with Gasteiger partial charge in [0.2, 0.25) is 5.91 Å². The lowest BCUT2D eigenvalue weighted by molar-refractivity contribution is -0.137. The number of carbonyl (C=O) groups excluding carboxylic acids is 1. The van der Waals surface area contributed by atoms with E-state index in [1.165, 1.54) is 63.5 Å². The van der Waals surface area contributed by atoms with Crippen LogP contribution in [0, 0.1) is 11.8 Å². The molecule has 2 rings (SSSR count). The van der Waals surface area contributed by atoms with Crippen molar-refractivity contribution in [2.24, 2.45) is 11.8 Å². The van der Waals surface area contributed by atoms with E-state index >= 15 is 0 Å². The lowest BCUT2D eigenvalue weighted by atomic mass is 9.92. The second-order valence-corrected chi connectivity index (χ2v) is 8.95. The minimum atomic E-state index is -4.40. The van der Waals surface area contributed by atoms with Crippen LogP contribution in [0.15, 0.2) is 24.3 Å². The zero-order valence-electron chi connectivity index (χ0n) is 19.1. The number of unbranched alkanes of at least 4 members (excludes halogenated alkanes) is 4. The summed E-state index contributed by atoms with van der Waals surface area (Å²) >= 11 is 0. The number of nitrogens with one attached hydrogen (secondary N) is 1. The van der Waals surface area contributed by atoms with Crippen molar-refractivity contribution in [1.82, 2.24) is 4.90 Å². The van der Waals surface area contributed by atoms with Crippen molar-refractivity contribution in [2.45, 2.75) is 84.2 Å². The SMILES string of the molecule is CCCCCCCC(CC)CCN1CCC(C(=O)Nc2cccc(C(F)(F)F)c2)CC1. The molecule has 1 fully saturated rings. The minimum Gasteiger partial charge on any atom is -0.326 e. The average molecular weight is 441 g/mol. The molecular weight excluding hydrogens is 401 g/mol. The molecule has 1 atom stereocenters. The van der Waals surface area contributed by atoms with Crippen molar-refractivity contribution in [3.05, 3.63) is 29.8 Å². The molecule has 3 nitrogen and oxygen atoms in total. The molecule has 1 aromatic carbocycles. The summed E-state index contributed by atoms with van der Waals surface area (Å²) in [5, 5.41) is 2.68. The third-order valence-electron chi connectivity index (χ3n) is 6.56. The van der Waals surface area contributed by atoms with Crippen LogP contribution in [0.2, 0.25) is 0 Å². The van der Waals surface area contributed by atoms with E-state index in [2.05, 4.69) is 24.1 Å². The summed E-state index contributed by atoms with van der Waals surface area (Å²) in [5.74, 6) is 0.479. The summed E-state index contributed by atoms with van der Waals surface area (Å²) in [4.78, 5) is 15.0. The number of alkyl halides is 3. The van der Waals surface area contributed by atoms with Crippen molar-refractivity contribution in [3.63, 3.8) is 0 Å². The fraction of sp³-hybridized carbons (Fsp3) is 0.720. The van der Waals surface area contributed by atoms with E-state index in [0.29, 0.717) is 0 Å². The lowest BCUT2D eigenvalue weighted by Crippen LogP contribution is -2.39. The number of carbonyl (C=O) groups is 1. The molecule has 1 saturated heterocycles. The smallest absolute Gasteiger partial charge is 0.326 e. The number of likely N-dealkylation sites (tertiary alicyclic amines) is 1. The number of rotatable bonds is 12. The Balaban J connectivity index is 1.70. The Morgan fingerprint density at radius 2 is 1.81 bits per heavy atom. The van der Waals surface area contributed by atoms with Gasteiger partial charge in [0.05, 0.1) is 5.56 Å². The van der Waals surface area contributed by atoms with E-state index in [0.717, 1.165) is 50.5 Å². The molecule has 31 heavy (non-hydrogen) atoms. The first-order chi connectivity index (χ1) is 14.8. The molecule has 1 aliphatic rings. The Kier molecular flexibility index (Phi) is 10.9. The molecule has 1 aliphatic heterocycles. The van der Waals surface area contributed by atoms with Crippen molar-refractivity contribution >= 4 is 11.6 Å². The van der Waals surface area contributed by atoms with Gasteiger partial charge in [-0.25, -0.2) is 0 Å². The van der Waals surface area contributed by atoms with Crippen LogP contribution in [0.4, 0.5) is 18.9 Å². The fourth-order valence-electron chi connectivity index (χ4n) is 4.39. The molecule has 1 amide bonds. The number of piperidine rings is 1. The van der Waals surface area contributed by atoms with Gasteiger partial charge < -0.3 is 10.2 Å². The monoisotopic (exact) mass is 440 g/mol. The molecule has 1 heterocycles. The Bertz CT molecular complexity index is 654. The molecule has 0 radical (unpaired) electrons. The number of halogens is 3. The van der Waals surface area contributed by atoms with Crippen LogP contribution in [0.3, 0.4) is 0 Å². The fourth-order valence-corrected chi connectivity index (χ4v) is 4.39. The molecule has 0 saturated carbocycles. The summed E-state index contributed by atoms with van der Waals surface area (Å²) in [5.41, 5.74) is -0.525. The summed E-state index contributed by atoms with van der Waals surface area (Å²) in [6, 6.07) is 4.85. The van der Waals surface area contributed by atoms with Gasteiger partial charge in [0.25, 0.3) is 0 Å². The summed E-state index contributed by atoms with van der Waals surface area (Å²) in [6.07, 6.45) is 7.52. The Hall–Kier alpha value is -1.56. The maximum atomic E-state index is 12.9. The van der Waals surface area contributed by atoms with Crippen molar-refractivity contribution in [3.8, 4) is 0 Å². The van der Waals surface area contributed by atoms with E-state index in [1.807, 2.05) is 0 Å². The largest absolute Gasteiger partial charge is 0.416 e. The van der Waals surface area contributed by atoms with Gasteiger partial charge in [0.1, 0.15) is 0 Å². The Morgan fingerprint density at radius 3 is 2.45 bits per heavy atom. The second kappa shape index (κ2) is 13.1. The molecule has 0 bridgehead atoms. The molecule has 1 aromatic rings. The Labute approximate surface area is 185 Å².